The van der Waals surface area contributed by atoms with Crippen molar-refractivity contribution in [2.24, 2.45) is 0 Å². The Bertz CT molecular complexity index is 409. The molecule has 0 aromatic carbocycles. The Morgan fingerprint density at radius 1 is 1.00 bits per heavy atom. The van der Waals surface area contributed by atoms with E-state index in [1.165, 1.54) is 7.11 Å². The number of hydrogen-bond acceptors (Lipinski definition) is 5. The molecule has 1 rings (SSSR count). The fourth-order valence-corrected chi connectivity index (χ4v) is 2.44. The topological polar surface area (TPSA) is 91.0 Å². The maximum atomic E-state index is 12.0. The molecule has 8 heteroatoms. The molecule has 0 radical (unpaired) electrons. The minimum absolute atomic E-state index is 0.0420. The van der Waals surface area contributed by atoms with E-state index in [1.807, 2.05) is 6.92 Å². The van der Waals surface area contributed by atoms with Crippen LogP contribution in [0.3, 0.4) is 0 Å². The van der Waals surface area contributed by atoms with Gasteiger partial charge in [-0.1, -0.05) is 6.92 Å². The number of carbonyl (C=O) groups excluding carboxylic acids is 3. The zero-order chi connectivity index (χ0) is 17.8. The van der Waals surface area contributed by atoms with Gasteiger partial charge >= 0.3 is 12.0 Å². The van der Waals surface area contributed by atoms with Crippen LogP contribution in [0.25, 0.3) is 0 Å². The van der Waals surface area contributed by atoms with Gasteiger partial charge in [-0.25, -0.2) is 4.79 Å². The summed E-state index contributed by atoms with van der Waals surface area (Å²) < 4.78 is 4.56. The first-order valence-corrected chi connectivity index (χ1v) is 8.65. The van der Waals surface area contributed by atoms with Crippen LogP contribution in [0.1, 0.15) is 32.6 Å². The number of rotatable bonds is 9. The molecule has 2 N–H and O–H groups in total. The van der Waals surface area contributed by atoms with Gasteiger partial charge in [0.15, 0.2) is 0 Å². The Balaban J connectivity index is 2.12. The summed E-state index contributed by atoms with van der Waals surface area (Å²) in [6.45, 7) is 6.32. The van der Waals surface area contributed by atoms with E-state index < -0.39 is 0 Å². The van der Waals surface area contributed by atoms with Gasteiger partial charge in [-0.2, -0.15) is 0 Å². The van der Waals surface area contributed by atoms with E-state index in [4.69, 9.17) is 0 Å². The second kappa shape index (κ2) is 11.7. The van der Waals surface area contributed by atoms with Crippen LogP contribution in [0.5, 0.6) is 0 Å². The third-order valence-electron chi connectivity index (χ3n) is 3.91. The predicted octanol–water partition coefficient (Wildman–Crippen LogP) is 0.183. The van der Waals surface area contributed by atoms with Gasteiger partial charge in [-0.3, -0.25) is 14.5 Å². The predicted molar refractivity (Wildman–Crippen MR) is 90.6 cm³/mol. The SMILES string of the molecule is CCCNC(=O)CN1CCN(C(=O)NCCCCC(=O)OC)CC1. The molecule has 1 aliphatic rings. The van der Waals surface area contributed by atoms with E-state index in [1.54, 1.807) is 4.90 Å². The van der Waals surface area contributed by atoms with E-state index in [0.29, 0.717) is 58.7 Å². The van der Waals surface area contributed by atoms with E-state index >= 15 is 0 Å². The molecule has 0 atom stereocenters. The molecule has 24 heavy (non-hydrogen) atoms. The molecule has 0 aromatic heterocycles. The fourth-order valence-electron chi connectivity index (χ4n) is 2.44. The lowest BCUT2D eigenvalue weighted by Crippen LogP contribution is -2.53. The molecule has 0 spiro atoms. The van der Waals surface area contributed by atoms with Crippen molar-refractivity contribution >= 4 is 17.9 Å². The fraction of sp³-hybridized carbons (Fsp3) is 0.812. The molecule has 3 amide bonds. The lowest BCUT2D eigenvalue weighted by molar-refractivity contribution is -0.140. The van der Waals surface area contributed by atoms with Crippen LogP contribution in [0.4, 0.5) is 4.79 Å². The van der Waals surface area contributed by atoms with Crippen molar-refractivity contribution in [3.05, 3.63) is 0 Å². The van der Waals surface area contributed by atoms with Gasteiger partial charge in [0.05, 0.1) is 13.7 Å². The number of piperazine rings is 1. The molecule has 1 heterocycles. The lowest BCUT2D eigenvalue weighted by atomic mass is 10.2. The highest BCUT2D eigenvalue weighted by atomic mass is 16.5. The van der Waals surface area contributed by atoms with E-state index in [0.717, 1.165) is 12.8 Å². The first kappa shape index (κ1) is 20.2. The zero-order valence-corrected chi connectivity index (χ0v) is 14.8. The van der Waals surface area contributed by atoms with Gasteiger partial charge in [0.1, 0.15) is 0 Å². The number of nitrogens with one attached hydrogen (secondary N) is 2. The summed E-state index contributed by atoms with van der Waals surface area (Å²) in [5.74, 6) is -0.180. The van der Waals surface area contributed by atoms with Crippen LogP contribution in [0, 0.1) is 0 Å². The number of methoxy groups -OCH3 is 1. The molecule has 0 saturated carbocycles. The van der Waals surface area contributed by atoms with Crippen molar-refractivity contribution in [2.75, 3.05) is 52.9 Å². The van der Waals surface area contributed by atoms with E-state index in [2.05, 4.69) is 20.3 Å². The maximum Gasteiger partial charge on any atom is 0.317 e. The average molecular weight is 342 g/mol. The minimum Gasteiger partial charge on any atom is -0.469 e. The third kappa shape index (κ3) is 8.14. The summed E-state index contributed by atoms with van der Waals surface area (Å²) in [6.07, 6.45) is 2.76. The monoisotopic (exact) mass is 342 g/mol. The smallest absolute Gasteiger partial charge is 0.317 e. The van der Waals surface area contributed by atoms with E-state index in [9.17, 15) is 14.4 Å². The van der Waals surface area contributed by atoms with Crippen molar-refractivity contribution in [1.82, 2.24) is 20.4 Å². The van der Waals surface area contributed by atoms with Crippen molar-refractivity contribution in [3.63, 3.8) is 0 Å². The summed E-state index contributed by atoms with van der Waals surface area (Å²) in [6, 6.07) is -0.0804. The summed E-state index contributed by atoms with van der Waals surface area (Å²) in [5, 5.41) is 5.72. The Hall–Kier alpha value is -1.83. The number of hydrogen-bond donors (Lipinski definition) is 2. The number of carbonyl (C=O) groups is 3. The zero-order valence-electron chi connectivity index (χ0n) is 14.8. The van der Waals surface area contributed by atoms with Crippen molar-refractivity contribution in [2.45, 2.75) is 32.6 Å². The van der Waals surface area contributed by atoms with Crippen molar-refractivity contribution in [3.8, 4) is 0 Å². The van der Waals surface area contributed by atoms with Gasteiger partial charge in [-0.15, -0.1) is 0 Å². The summed E-state index contributed by atoms with van der Waals surface area (Å²) in [5.41, 5.74) is 0. The molecular formula is C16H30N4O4. The number of unbranched alkanes of at least 4 members (excludes halogenated alkanes) is 1. The number of ether oxygens (including phenoxy) is 1. The maximum absolute atomic E-state index is 12.0. The Kier molecular flexibility index (Phi) is 9.83. The molecule has 8 nitrogen and oxygen atoms in total. The quantitative estimate of drug-likeness (QED) is 0.461. The highest BCUT2D eigenvalue weighted by Crippen LogP contribution is 2.02. The normalized spacial score (nSPS) is 15.0. The van der Waals surface area contributed by atoms with Crippen LogP contribution < -0.4 is 10.6 Å². The highest BCUT2D eigenvalue weighted by Gasteiger charge is 2.21. The van der Waals surface area contributed by atoms with Crippen LogP contribution >= 0.6 is 0 Å². The largest absolute Gasteiger partial charge is 0.469 e. The molecule has 1 saturated heterocycles. The molecule has 1 fully saturated rings. The Morgan fingerprint density at radius 3 is 2.33 bits per heavy atom. The van der Waals surface area contributed by atoms with Gasteiger partial charge in [0.25, 0.3) is 0 Å². The molecule has 1 aliphatic heterocycles. The van der Waals surface area contributed by atoms with Gasteiger partial charge in [0.2, 0.25) is 5.91 Å². The molecule has 0 aromatic rings. The second-order valence-corrected chi connectivity index (χ2v) is 5.88. The first-order chi connectivity index (χ1) is 11.6. The Labute approximate surface area is 143 Å². The second-order valence-electron chi connectivity index (χ2n) is 5.88. The summed E-state index contributed by atoms with van der Waals surface area (Å²) in [4.78, 5) is 38.5. The van der Waals surface area contributed by atoms with E-state index in [-0.39, 0.29) is 17.9 Å². The summed E-state index contributed by atoms with van der Waals surface area (Å²) in [7, 11) is 1.37. The summed E-state index contributed by atoms with van der Waals surface area (Å²) >= 11 is 0. The number of amides is 3. The van der Waals surface area contributed by atoms with Gasteiger partial charge in [0, 0.05) is 45.7 Å². The van der Waals surface area contributed by atoms with Crippen molar-refractivity contribution < 1.29 is 19.1 Å². The molecule has 138 valence electrons. The Morgan fingerprint density at radius 2 is 1.71 bits per heavy atom. The van der Waals surface area contributed by atoms with Crippen LogP contribution in [-0.2, 0) is 14.3 Å². The molecular weight excluding hydrogens is 312 g/mol. The third-order valence-corrected chi connectivity index (χ3v) is 3.91. The number of urea groups is 1. The first-order valence-electron chi connectivity index (χ1n) is 8.65. The molecule has 0 unspecified atom stereocenters. The van der Waals surface area contributed by atoms with Gasteiger partial charge < -0.3 is 20.3 Å². The van der Waals surface area contributed by atoms with Gasteiger partial charge in [-0.05, 0) is 19.3 Å². The van der Waals surface area contributed by atoms with Crippen LogP contribution in [-0.4, -0.2) is 80.6 Å². The van der Waals surface area contributed by atoms with Crippen LogP contribution in [0.2, 0.25) is 0 Å². The highest BCUT2D eigenvalue weighted by molar-refractivity contribution is 5.78. The lowest BCUT2D eigenvalue weighted by Gasteiger charge is -2.34. The van der Waals surface area contributed by atoms with Crippen LogP contribution in [0.15, 0.2) is 0 Å². The number of nitrogens with zero attached hydrogens (tertiary/aromatic N) is 2. The molecule has 0 aliphatic carbocycles. The standard InChI is InChI=1S/C16H30N4O4/c1-3-7-17-14(21)13-19-9-11-20(12-10-19)16(23)18-8-5-4-6-15(22)24-2/h3-13H2,1-2H3,(H,17,21)(H,18,23). The minimum atomic E-state index is -0.222. The molecule has 0 bridgehead atoms. The average Bonchev–Trinajstić information content (AvgIpc) is 2.59. The number of esters is 1. The van der Waals surface area contributed by atoms with Crippen molar-refractivity contribution in [1.29, 1.82) is 0 Å².